The number of nitrogens with zero attached hydrogens (tertiary/aromatic N) is 4. The van der Waals surface area contributed by atoms with Gasteiger partial charge in [-0.15, -0.1) is 0 Å². The highest BCUT2D eigenvalue weighted by atomic mass is 35.5. The number of benzene rings is 1. The number of fused-ring (bicyclic) bond motifs is 1. The summed E-state index contributed by atoms with van der Waals surface area (Å²) < 4.78 is 0. The maximum atomic E-state index is 5.88. The Morgan fingerprint density at radius 1 is 1.17 bits per heavy atom. The molecule has 0 bridgehead atoms. The second-order valence-electron chi connectivity index (χ2n) is 5.12. The van der Waals surface area contributed by atoms with E-state index in [2.05, 4.69) is 41.5 Å². The van der Waals surface area contributed by atoms with Crippen molar-refractivity contribution in [1.29, 1.82) is 0 Å². The van der Waals surface area contributed by atoms with Gasteiger partial charge in [0.25, 0.3) is 0 Å². The summed E-state index contributed by atoms with van der Waals surface area (Å²) in [6.45, 7) is 2.04. The highest BCUT2D eigenvalue weighted by Gasteiger charge is 2.13. The predicted molar refractivity (Wildman–Crippen MR) is 88.7 cm³/mol. The van der Waals surface area contributed by atoms with Gasteiger partial charge >= 0.3 is 0 Å². The van der Waals surface area contributed by atoms with Crippen molar-refractivity contribution >= 4 is 34.1 Å². The van der Waals surface area contributed by atoms with Crippen LogP contribution >= 0.6 is 11.6 Å². The number of anilines is 2. The van der Waals surface area contributed by atoms with Gasteiger partial charge in [-0.25, -0.2) is 15.0 Å². The molecular formula is C15H12ClN7. The van der Waals surface area contributed by atoms with Crippen molar-refractivity contribution in [2.75, 3.05) is 5.32 Å². The van der Waals surface area contributed by atoms with Crippen molar-refractivity contribution in [2.45, 2.75) is 6.92 Å². The van der Waals surface area contributed by atoms with Gasteiger partial charge in [0.05, 0.1) is 22.9 Å². The van der Waals surface area contributed by atoms with E-state index in [0.717, 1.165) is 22.4 Å². The van der Waals surface area contributed by atoms with E-state index in [9.17, 15) is 0 Å². The summed E-state index contributed by atoms with van der Waals surface area (Å²) in [5.41, 5.74) is 4.54. The second-order valence-corrected chi connectivity index (χ2v) is 5.50. The van der Waals surface area contributed by atoms with Crippen LogP contribution in [0, 0.1) is 6.92 Å². The van der Waals surface area contributed by atoms with E-state index in [4.69, 9.17) is 11.6 Å². The lowest BCUT2D eigenvalue weighted by molar-refractivity contribution is 1.08. The monoisotopic (exact) mass is 325 g/mol. The van der Waals surface area contributed by atoms with Gasteiger partial charge in [0.15, 0.2) is 5.82 Å². The molecule has 3 N–H and O–H groups in total. The zero-order valence-electron chi connectivity index (χ0n) is 12.1. The van der Waals surface area contributed by atoms with Gasteiger partial charge in [0, 0.05) is 6.07 Å². The van der Waals surface area contributed by atoms with E-state index in [1.54, 1.807) is 12.3 Å². The zero-order valence-corrected chi connectivity index (χ0v) is 12.9. The van der Waals surface area contributed by atoms with E-state index in [0.29, 0.717) is 16.8 Å². The largest absolute Gasteiger partial charge is 0.337 e. The molecule has 4 aromatic rings. The highest BCUT2D eigenvalue weighted by molar-refractivity contribution is 6.29. The van der Waals surface area contributed by atoms with Gasteiger partial charge in [0.1, 0.15) is 23.0 Å². The van der Waals surface area contributed by atoms with Crippen molar-refractivity contribution in [3.05, 3.63) is 47.5 Å². The van der Waals surface area contributed by atoms with Crippen molar-refractivity contribution < 1.29 is 0 Å². The number of aromatic nitrogens is 6. The minimum Gasteiger partial charge on any atom is -0.337 e. The van der Waals surface area contributed by atoms with Gasteiger partial charge < -0.3 is 10.3 Å². The molecule has 7 nitrogen and oxygen atoms in total. The third-order valence-corrected chi connectivity index (χ3v) is 3.62. The molecular weight excluding hydrogens is 314 g/mol. The molecule has 0 aliphatic heterocycles. The van der Waals surface area contributed by atoms with Crippen molar-refractivity contribution in [3.8, 4) is 11.5 Å². The Labute approximate surface area is 136 Å². The number of hydrogen-bond acceptors (Lipinski definition) is 5. The molecule has 0 saturated carbocycles. The maximum Gasteiger partial charge on any atom is 0.158 e. The summed E-state index contributed by atoms with van der Waals surface area (Å²) >= 11 is 5.88. The molecule has 0 spiro atoms. The van der Waals surface area contributed by atoms with E-state index < -0.39 is 0 Å². The average Bonchev–Trinajstić information content (AvgIpc) is 3.13. The van der Waals surface area contributed by atoms with Crippen LogP contribution in [0.15, 0.2) is 36.8 Å². The van der Waals surface area contributed by atoms with Crippen LogP contribution in [0.2, 0.25) is 5.15 Å². The average molecular weight is 326 g/mol. The Bertz CT molecular complexity index is 988. The molecule has 0 radical (unpaired) electrons. The molecule has 0 aliphatic carbocycles. The summed E-state index contributed by atoms with van der Waals surface area (Å²) in [7, 11) is 0. The van der Waals surface area contributed by atoms with Gasteiger partial charge in [-0.2, -0.15) is 5.10 Å². The molecule has 0 atom stereocenters. The minimum absolute atomic E-state index is 0.367. The van der Waals surface area contributed by atoms with Crippen LogP contribution in [0.4, 0.5) is 11.5 Å². The lowest BCUT2D eigenvalue weighted by atomic mass is 10.2. The van der Waals surface area contributed by atoms with Gasteiger partial charge in [-0.1, -0.05) is 17.7 Å². The number of halogens is 1. The number of aryl methyl sites for hydroxylation is 1. The molecule has 3 aromatic heterocycles. The summed E-state index contributed by atoms with van der Waals surface area (Å²) in [5, 5.41) is 10.6. The summed E-state index contributed by atoms with van der Waals surface area (Å²) in [5.74, 6) is 1.28. The fourth-order valence-corrected chi connectivity index (χ4v) is 2.49. The Morgan fingerprint density at radius 2 is 2.09 bits per heavy atom. The minimum atomic E-state index is 0.367. The van der Waals surface area contributed by atoms with Crippen LogP contribution in [0.5, 0.6) is 0 Å². The molecule has 0 aliphatic rings. The Kier molecular flexibility index (Phi) is 3.20. The number of aromatic amines is 2. The first-order chi connectivity index (χ1) is 11.2. The van der Waals surface area contributed by atoms with Gasteiger partial charge in [0.2, 0.25) is 0 Å². The Hall–Kier alpha value is -2.93. The second kappa shape index (κ2) is 5.36. The molecule has 1 aromatic carbocycles. The smallest absolute Gasteiger partial charge is 0.158 e. The fourth-order valence-electron chi connectivity index (χ4n) is 2.34. The third kappa shape index (κ3) is 2.62. The number of rotatable bonds is 3. The summed E-state index contributed by atoms with van der Waals surface area (Å²) in [4.78, 5) is 15.9. The summed E-state index contributed by atoms with van der Waals surface area (Å²) in [6, 6.07) is 7.71. The quantitative estimate of drug-likeness (QED) is 0.501. The lowest BCUT2D eigenvalue weighted by Gasteiger charge is -2.04. The molecule has 4 rings (SSSR count). The number of hydrogen-bond donors (Lipinski definition) is 3. The number of imidazole rings is 1. The van der Waals surface area contributed by atoms with Crippen LogP contribution in [-0.4, -0.2) is 30.1 Å². The van der Waals surface area contributed by atoms with Crippen LogP contribution in [0.25, 0.3) is 22.6 Å². The lowest BCUT2D eigenvalue weighted by Crippen LogP contribution is -1.95. The molecule has 0 saturated heterocycles. The normalized spacial score (nSPS) is 11.0. The van der Waals surface area contributed by atoms with Crippen LogP contribution in [0.3, 0.4) is 0 Å². The number of H-pyrrole nitrogens is 2. The molecule has 8 heteroatoms. The Balaban J connectivity index is 1.73. The zero-order chi connectivity index (χ0) is 15.8. The topological polar surface area (TPSA) is 95.2 Å². The third-order valence-electron chi connectivity index (χ3n) is 3.41. The van der Waals surface area contributed by atoms with Crippen molar-refractivity contribution in [1.82, 2.24) is 30.1 Å². The van der Waals surface area contributed by atoms with Crippen molar-refractivity contribution in [2.24, 2.45) is 0 Å². The van der Waals surface area contributed by atoms with Crippen LogP contribution in [-0.2, 0) is 0 Å². The molecule has 3 heterocycles. The molecule has 0 amide bonds. The van der Waals surface area contributed by atoms with Crippen molar-refractivity contribution in [3.63, 3.8) is 0 Å². The Morgan fingerprint density at radius 3 is 2.96 bits per heavy atom. The van der Waals surface area contributed by atoms with E-state index in [1.165, 1.54) is 11.9 Å². The standard InChI is InChI=1S/C15H12ClN7/c1-8-2-3-9-10(4-8)22-15(21-9)14-11(6-19-23-14)20-13-5-12(16)17-7-18-13/h2-7H,1H3,(H,19,23)(H,21,22)(H,17,18,20). The first-order valence-electron chi connectivity index (χ1n) is 6.94. The van der Waals surface area contributed by atoms with E-state index in [1.807, 2.05) is 19.1 Å². The van der Waals surface area contributed by atoms with Crippen LogP contribution in [0.1, 0.15) is 5.56 Å². The first-order valence-corrected chi connectivity index (χ1v) is 7.31. The van der Waals surface area contributed by atoms with E-state index in [-0.39, 0.29) is 0 Å². The van der Waals surface area contributed by atoms with Gasteiger partial charge in [-0.05, 0) is 24.6 Å². The summed E-state index contributed by atoms with van der Waals surface area (Å²) in [6.07, 6.45) is 3.07. The fraction of sp³-hybridized carbons (Fsp3) is 0.0667. The van der Waals surface area contributed by atoms with Crippen LogP contribution < -0.4 is 5.32 Å². The SMILES string of the molecule is Cc1ccc2nc(-c3[nH]ncc3Nc3cc(Cl)ncn3)[nH]c2c1. The predicted octanol–water partition coefficient (Wildman–Crippen LogP) is 3.45. The van der Waals surface area contributed by atoms with Gasteiger partial charge in [-0.3, -0.25) is 5.10 Å². The number of nitrogens with one attached hydrogen (secondary N) is 3. The van der Waals surface area contributed by atoms with E-state index >= 15 is 0 Å². The highest BCUT2D eigenvalue weighted by Crippen LogP contribution is 2.27. The molecule has 114 valence electrons. The molecule has 23 heavy (non-hydrogen) atoms. The molecule has 0 unspecified atom stereocenters. The maximum absolute atomic E-state index is 5.88. The first kappa shape index (κ1) is 13.7. The molecule has 0 fully saturated rings.